The van der Waals surface area contributed by atoms with E-state index in [9.17, 15) is 4.79 Å². The highest BCUT2D eigenvalue weighted by atomic mass is 32.1. The first kappa shape index (κ1) is 13.9. The number of nitrogens with two attached hydrogens (primary N) is 1. The molecule has 0 aliphatic heterocycles. The van der Waals surface area contributed by atoms with Crippen molar-refractivity contribution in [2.75, 3.05) is 12.8 Å². The van der Waals surface area contributed by atoms with Crippen LogP contribution in [0.3, 0.4) is 0 Å². The summed E-state index contributed by atoms with van der Waals surface area (Å²) in [6.45, 7) is 0. The van der Waals surface area contributed by atoms with Gasteiger partial charge in [-0.25, -0.2) is 0 Å². The topological polar surface area (TPSA) is 64.3 Å². The second-order valence-electron chi connectivity index (χ2n) is 5.15. The van der Waals surface area contributed by atoms with Gasteiger partial charge < -0.3 is 15.8 Å². The fourth-order valence-electron chi connectivity index (χ4n) is 2.83. The van der Waals surface area contributed by atoms with E-state index in [-0.39, 0.29) is 11.9 Å². The molecular weight excluding hydrogens is 284 g/mol. The number of nitrogen functional groups attached to an aromatic ring is 1. The maximum Gasteiger partial charge on any atom is 0.255 e. The summed E-state index contributed by atoms with van der Waals surface area (Å²) >= 11 is 1.77. The molecule has 0 saturated carbocycles. The zero-order chi connectivity index (χ0) is 14.8. The first-order chi connectivity index (χ1) is 10.2. The number of benzene rings is 1. The lowest BCUT2D eigenvalue weighted by Gasteiger charge is -2.24. The number of rotatable bonds is 3. The molecule has 1 atom stereocenters. The second kappa shape index (κ2) is 5.77. The molecule has 110 valence electrons. The number of nitrogens with one attached hydrogen (secondary N) is 1. The molecule has 0 bridgehead atoms. The third-order valence-electron chi connectivity index (χ3n) is 3.85. The number of para-hydroxylation sites is 1. The zero-order valence-corrected chi connectivity index (χ0v) is 12.7. The Balaban J connectivity index is 1.84. The first-order valence-electron chi connectivity index (χ1n) is 7.00. The summed E-state index contributed by atoms with van der Waals surface area (Å²) in [5.41, 5.74) is 8.07. The van der Waals surface area contributed by atoms with E-state index in [1.54, 1.807) is 29.5 Å². The summed E-state index contributed by atoms with van der Waals surface area (Å²) in [5.74, 6) is 0.305. The molecule has 0 spiro atoms. The van der Waals surface area contributed by atoms with Crippen LogP contribution in [0, 0.1) is 0 Å². The normalized spacial score (nSPS) is 17.1. The molecule has 1 amide bonds. The predicted molar refractivity (Wildman–Crippen MR) is 84.9 cm³/mol. The number of carbonyl (C=O) groups is 1. The van der Waals surface area contributed by atoms with Crippen molar-refractivity contribution in [2.45, 2.75) is 25.3 Å². The van der Waals surface area contributed by atoms with Crippen molar-refractivity contribution in [1.29, 1.82) is 0 Å². The lowest BCUT2D eigenvalue weighted by Crippen LogP contribution is -2.30. The number of aryl methyl sites for hydroxylation is 1. The zero-order valence-electron chi connectivity index (χ0n) is 11.9. The Morgan fingerprint density at radius 1 is 1.43 bits per heavy atom. The van der Waals surface area contributed by atoms with Crippen LogP contribution in [0.2, 0.25) is 0 Å². The van der Waals surface area contributed by atoms with Gasteiger partial charge in [0, 0.05) is 4.88 Å². The van der Waals surface area contributed by atoms with Crippen LogP contribution in [0.4, 0.5) is 5.69 Å². The number of hydrogen-bond donors (Lipinski definition) is 2. The molecule has 1 heterocycles. The fraction of sp³-hybridized carbons (Fsp3) is 0.312. The van der Waals surface area contributed by atoms with Crippen molar-refractivity contribution in [2.24, 2.45) is 0 Å². The van der Waals surface area contributed by atoms with Crippen molar-refractivity contribution in [3.05, 3.63) is 45.6 Å². The Morgan fingerprint density at radius 3 is 3.10 bits per heavy atom. The van der Waals surface area contributed by atoms with Crippen LogP contribution < -0.4 is 15.8 Å². The average molecular weight is 302 g/mol. The van der Waals surface area contributed by atoms with Gasteiger partial charge >= 0.3 is 0 Å². The highest BCUT2D eigenvalue weighted by Crippen LogP contribution is 2.34. The molecule has 0 radical (unpaired) electrons. The van der Waals surface area contributed by atoms with Gasteiger partial charge in [-0.3, -0.25) is 4.79 Å². The smallest absolute Gasteiger partial charge is 0.255 e. The maximum absolute atomic E-state index is 12.5. The van der Waals surface area contributed by atoms with E-state index in [1.165, 1.54) is 17.6 Å². The quantitative estimate of drug-likeness (QED) is 0.856. The number of amides is 1. The summed E-state index contributed by atoms with van der Waals surface area (Å²) in [6, 6.07) is 7.43. The minimum Gasteiger partial charge on any atom is -0.494 e. The number of carbonyl (C=O) groups excluding carboxylic acids is 1. The summed E-state index contributed by atoms with van der Waals surface area (Å²) in [6.07, 6.45) is 3.19. The fourth-order valence-corrected chi connectivity index (χ4v) is 3.82. The molecule has 2 aromatic rings. The SMILES string of the molecule is COc1c(N)cccc1C(=O)NC1CCCc2sccc21. The lowest BCUT2D eigenvalue weighted by atomic mass is 9.94. The third-order valence-corrected chi connectivity index (χ3v) is 4.85. The standard InChI is InChI=1S/C16H18N2O2S/c1-20-15-11(4-2-5-12(15)17)16(19)18-13-6-3-7-14-10(13)8-9-21-14/h2,4-5,8-9,13H,3,6-7,17H2,1H3,(H,18,19). The summed E-state index contributed by atoms with van der Waals surface area (Å²) < 4.78 is 5.26. The van der Waals surface area contributed by atoms with E-state index in [2.05, 4.69) is 16.8 Å². The van der Waals surface area contributed by atoms with Crippen LogP contribution in [0.5, 0.6) is 5.75 Å². The maximum atomic E-state index is 12.5. The van der Waals surface area contributed by atoms with E-state index >= 15 is 0 Å². The minimum absolute atomic E-state index is 0.0821. The van der Waals surface area contributed by atoms with Gasteiger partial charge in [-0.2, -0.15) is 0 Å². The molecule has 1 aromatic carbocycles. The van der Waals surface area contributed by atoms with Crippen LogP contribution in [0.25, 0.3) is 0 Å². The van der Waals surface area contributed by atoms with Gasteiger partial charge in [-0.15, -0.1) is 11.3 Å². The van der Waals surface area contributed by atoms with Crippen molar-refractivity contribution < 1.29 is 9.53 Å². The van der Waals surface area contributed by atoms with Crippen LogP contribution >= 0.6 is 11.3 Å². The van der Waals surface area contributed by atoms with Gasteiger partial charge in [0.2, 0.25) is 0 Å². The number of hydrogen-bond acceptors (Lipinski definition) is 4. The molecule has 0 saturated heterocycles. The Kier molecular flexibility index (Phi) is 3.84. The third kappa shape index (κ3) is 2.61. The molecule has 3 rings (SSSR count). The Bertz CT molecular complexity index is 666. The van der Waals surface area contributed by atoms with E-state index in [0.717, 1.165) is 19.3 Å². The van der Waals surface area contributed by atoms with Gasteiger partial charge in [0.05, 0.1) is 24.4 Å². The molecule has 4 nitrogen and oxygen atoms in total. The lowest BCUT2D eigenvalue weighted by molar-refractivity contribution is 0.0930. The first-order valence-corrected chi connectivity index (χ1v) is 7.88. The van der Waals surface area contributed by atoms with E-state index < -0.39 is 0 Å². The molecule has 1 aliphatic rings. The monoisotopic (exact) mass is 302 g/mol. The van der Waals surface area contributed by atoms with Gasteiger partial charge in [0.1, 0.15) is 0 Å². The van der Waals surface area contributed by atoms with Gasteiger partial charge in [0.25, 0.3) is 5.91 Å². The minimum atomic E-state index is -0.136. The van der Waals surface area contributed by atoms with Crippen molar-refractivity contribution in [1.82, 2.24) is 5.32 Å². The van der Waals surface area contributed by atoms with E-state index in [0.29, 0.717) is 17.0 Å². The van der Waals surface area contributed by atoms with Crippen LogP contribution in [-0.4, -0.2) is 13.0 Å². The molecule has 1 unspecified atom stereocenters. The van der Waals surface area contributed by atoms with E-state index in [1.807, 2.05) is 0 Å². The summed E-state index contributed by atoms with van der Waals surface area (Å²) in [5, 5.41) is 5.21. The van der Waals surface area contributed by atoms with E-state index in [4.69, 9.17) is 10.5 Å². The van der Waals surface area contributed by atoms with Crippen LogP contribution in [0.1, 0.15) is 39.7 Å². The molecule has 21 heavy (non-hydrogen) atoms. The largest absolute Gasteiger partial charge is 0.494 e. The average Bonchev–Trinajstić information content (AvgIpc) is 2.96. The molecule has 1 aliphatic carbocycles. The van der Waals surface area contributed by atoms with Gasteiger partial charge in [-0.05, 0) is 48.4 Å². The van der Waals surface area contributed by atoms with Crippen molar-refractivity contribution in [3.63, 3.8) is 0 Å². The van der Waals surface area contributed by atoms with Crippen molar-refractivity contribution in [3.8, 4) is 5.75 Å². The van der Waals surface area contributed by atoms with Gasteiger partial charge in [-0.1, -0.05) is 6.07 Å². The number of fused-ring (bicyclic) bond motifs is 1. The highest BCUT2D eigenvalue weighted by molar-refractivity contribution is 7.10. The summed E-state index contributed by atoms with van der Waals surface area (Å²) in [4.78, 5) is 13.9. The number of methoxy groups -OCH3 is 1. The Hall–Kier alpha value is -2.01. The molecule has 5 heteroatoms. The number of ether oxygens (including phenoxy) is 1. The molecule has 3 N–H and O–H groups in total. The van der Waals surface area contributed by atoms with Crippen LogP contribution in [-0.2, 0) is 6.42 Å². The summed E-state index contributed by atoms with van der Waals surface area (Å²) in [7, 11) is 1.53. The molecule has 0 fully saturated rings. The number of anilines is 1. The van der Waals surface area contributed by atoms with Gasteiger partial charge in [0.15, 0.2) is 5.75 Å². The molecule has 1 aromatic heterocycles. The Morgan fingerprint density at radius 2 is 2.29 bits per heavy atom. The predicted octanol–water partition coefficient (Wildman–Crippen LogP) is 3.15. The number of thiophene rings is 1. The highest BCUT2D eigenvalue weighted by Gasteiger charge is 2.24. The van der Waals surface area contributed by atoms with Crippen molar-refractivity contribution >= 4 is 22.9 Å². The second-order valence-corrected chi connectivity index (χ2v) is 6.15. The van der Waals surface area contributed by atoms with Crippen LogP contribution in [0.15, 0.2) is 29.6 Å². The Labute approximate surface area is 127 Å². The molecular formula is C16H18N2O2S.